The topological polar surface area (TPSA) is 115 Å². The van der Waals surface area contributed by atoms with Gasteiger partial charge in [-0.1, -0.05) is 26.0 Å². The maximum absolute atomic E-state index is 12.2. The number of hydrogen-bond acceptors (Lipinski definition) is 4. The smallest absolute Gasteiger partial charge is 0.322 e. The average Bonchev–Trinajstić information content (AvgIpc) is 2.26. The first-order chi connectivity index (χ1) is 9.15. The molecule has 0 saturated carbocycles. The van der Waals surface area contributed by atoms with E-state index in [-0.39, 0.29) is 5.56 Å². The van der Waals surface area contributed by atoms with Gasteiger partial charge in [0.2, 0.25) is 5.91 Å². The van der Waals surface area contributed by atoms with Crippen LogP contribution in [0.15, 0.2) is 24.3 Å². The Balaban J connectivity index is 3.10. The highest BCUT2D eigenvalue weighted by Crippen LogP contribution is 2.19. The van der Waals surface area contributed by atoms with Gasteiger partial charge in [-0.05, 0) is 23.6 Å². The molecule has 7 heteroatoms. The van der Waals surface area contributed by atoms with Gasteiger partial charge in [0.25, 0.3) is 0 Å². The molecule has 110 valence electrons. The van der Waals surface area contributed by atoms with Crippen LogP contribution < -0.4 is 5.73 Å². The van der Waals surface area contributed by atoms with Crippen molar-refractivity contribution in [3.05, 3.63) is 35.4 Å². The number of primary amides is 1. The van der Waals surface area contributed by atoms with Gasteiger partial charge in [-0.3, -0.25) is 9.59 Å². The number of sulfone groups is 1. The first kappa shape index (κ1) is 16.2. The van der Waals surface area contributed by atoms with Crippen molar-refractivity contribution < 1.29 is 23.1 Å². The lowest BCUT2D eigenvalue weighted by molar-refractivity contribution is -0.137. The molecule has 1 atom stereocenters. The molecule has 1 unspecified atom stereocenters. The summed E-state index contributed by atoms with van der Waals surface area (Å²) in [6.45, 7) is 3.08. The van der Waals surface area contributed by atoms with Gasteiger partial charge in [0.05, 0.1) is 5.75 Å². The molecule has 6 nitrogen and oxygen atoms in total. The molecule has 1 aromatic rings. The molecule has 20 heavy (non-hydrogen) atoms. The second-order valence-corrected chi connectivity index (χ2v) is 7.00. The minimum absolute atomic E-state index is 0.189. The van der Waals surface area contributed by atoms with E-state index >= 15 is 0 Å². The molecule has 0 spiro atoms. The van der Waals surface area contributed by atoms with Gasteiger partial charge < -0.3 is 10.8 Å². The molecule has 3 N–H and O–H groups in total. The van der Waals surface area contributed by atoms with Crippen molar-refractivity contribution >= 4 is 21.7 Å². The van der Waals surface area contributed by atoms with Crippen molar-refractivity contribution in [2.75, 3.05) is 0 Å². The summed E-state index contributed by atoms with van der Waals surface area (Å²) in [4.78, 5) is 22.1. The molecule has 0 aliphatic carbocycles. The van der Waals surface area contributed by atoms with Gasteiger partial charge in [-0.25, -0.2) is 8.42 Å². The first-order valence-corrected chi connectivity index (χ1v) is 7.70. The monoisotopic (exact) mass is 299 g/mol. The zero-order valence-corrected chi connectivity index (χ0v) is 12.1. The molecule has 0 bridgehead atoms. The van der Waals surface area contributed by atoms with Crippen LogP contribution in [0.5, 0.6) is 0 Å². The highest BCUT2D eigenvalue weighted by molar-refractivity contribution is 7.92. The fourth-order valence-electron chi connectivity index (χ4n) is 1.99. The van der Waals surface area contributed by atoms with E-state index in [1.54, 1.807) is 0 Å². The highest BCUT2D eigenvalue weighted by Gasteiger charge is 2.35. The Morgan fingerprint density at radius 3 is 2.35 bits per heavy atom. The standard InChI is InChI=1S/C13H17NO5S/c1-8(2)11(13(16)17)20(18,19)7-9-4-3-5-10(6-9)12(14)15/h3-6,8,11H,7H2,1-2H3,(H2,14,15)(H,16,17). The number of carbonyl (C=O) groups is 2. The Kier molecular flexibility index (Phi) is 4.88. The molecular formula is C13H17NO5S. The van der Waals surface area contributed by atoms with E-state index in [9.17, 15) is 18.0 Å². The van der Waals surface area contributed by atoms with E-state index in [1.165, 1.54) is 38.1 Å². The van der Waals surface area contributed by atoms with Crippen molar-refractivity contribution in [3.8, 4) is 0 Å². The lowest BCUT2D eigenvalue weighted by Crippen LogP contribution is -2.35. The molecule has 0 fully saturated rings. The summed E-state index contributed by atoms with van der Waals surface area (Å²) in [5, 5.41) is 7.57. The van der Waals surface area contributed by atoms with Crippen LogP contribution in [-0.4, -0.2) is 30.7 Å². The Morgan fingerprint density at radius 1 is 1.30 bits per heavy atom. The molecule has 1 amide bonds. The first-order valence-electron chi connectivity index (χ1n) is 5.98. The van der Waals surface area contributed by atoms with Crippen molar-refractivity contribution in [2.45, 2.75) is 24.9 Å². The summed E-state index contributed by atoms with van der Waals surface area (Å²) in [5.41, 5.74) is 5.65. The summed E-state index contributed by atoms with van der Waals surface area (Å²) < 4.78 is 24.3. The maximum atomic E-state index is 12.2. The van der Waals surface area contributed by atoms with Crippen molar-refractivity contribution in [2.24, 2.45) is 11.7 Å². The maximum Gasteiger partial charge on any atom is 0.322 e. The third-order valence-electron chi connectivity index (χ3n) is 2.82. The van der Waals surface area contributed by atoms with Crippen LogP contribution in [0.4, 0.5) is 0 Å². The number of amides is 1. The number of rotatable bonds is 6. The third kappa shape index (κ3) is 3.80. The number of hydrogen-bond donors (Lipinski definition) is 2. The molecule has 0 heterocycles. The van der Waals surface area contributed by atoms with E-state index in [2.05, 4.69) is 0 Å². The van der Waals surface area contributed by atoms with Crippen molar-refractivity contribution in [1.29, 1.82) is 0 Å². The lowest BCUT2D eigenvalue weighted by Gasteiger charge is -2.17. The predicted molar refractivity (Wildman–Crippen MR) is 73.8 cm³/mol. The van der Waals surface area contributed by atoms with Crippen LogP contribution in [0.3, 0.4) is 0 Å². The van der Waals surface area contributed by atoms with Crippen LogP contribution in [0, 0.1) is 5.92 Å². The Labute approximate surface area is 117 Å². The second kappa shape index (κ2) is 6.04. The fourth-order valence-corrected chi connectivity index (χ4v) is 3.95. The van der Waals surface area contributed by atoms with Crippen LogP contribution in [0.25, 0.3) is 0 Å². The van der Waals surface area contributed by atoms with Crippen molar-refractivity contribution in [1.82, 2.24) is 0 Å². The molecule has 0 radical (unpaired) electrons. The Morgan fingerprint density at radius 2 is 1.90 bits per heavy atom. The van der Waals surface area contributed by atoms with Gasteiger partial charge in [0.15, 0.2) is 15.1 Å². The number of carbonyl (C=O) groups excluding carboxylic acids is 1. The molecule has 0 aliphatic heterocycles. The molecule has 0 aromatic heterocycles. The minimum atomic E-state index is -3.87. The zero-order valence-electron chi connectivity index (χ0n) is 11.2. The number of carboxylic acid groups (broad SMARTS) is 1. The Hall–Kier alpha value is -1.89. The van der Waals surface area contributed by atoms with Gasteiger partial charge in [-0.2, -0.15) is 0 Å². The normalized spacial score (nSPS) is 13.2. The predicted octanol–water partition coefficient (Wildman–Crippen LogP) is 0.809. The summed E-state index contributed by atoms with van der Waals surface area (Å²) in [7, 11) is -3.87. The van der Waals surface area contributed by atoms with E-state index < -0.39 is 38.6 Å². The number of nitrogens with two attached hydrogens (primary N) is 1. The third-order valence-corrected chi connectivity index (χ3v) is 5.07. The average molecular weight is 299 g/mol. The molecule has 1 aromatic carbocycles. The number of benzene rings is 1. The van der Waals surface area contributed by atoms with E-state index in [0.717, 1.165) is 0 Å². The number of aliphatic carboxylic acids is 1. The largest absolute Gasteiger partial charge is 0.480 e. The van der Waals surface area contributed by atoms with Gasteiger partial charge in [0.1, 0.15) is 0 Å². The summed E-state index contributed by atoms with van der Waals surface area (Å²) in [6, 6.07) is 5.86. The van der Waals surface area contributed by atoms with Crippen LogP contribution >= 0.6 is 0 Å². The van der Waals surface area contributed by atoms with Crippen LogP contribution in [0.2, 0.25) is 0 Å². The quantitative estimate of drug-likeness (QED) is 0.806. The molecule has 1 rings (SSSR count). The molecular weight excluding hydrogens is 282 g/mol. The summed E-state index contributed by atoms with van der Waals surface area (Å²) >= 11 is 0. The lowest BCUT2D eigenvalue weighted by atomic mass is 10.1. The van der Waals surface area contributed by atoms with E-state index in [1.807, 2.05) is 0 Å². The number of carboxylic acids is 1. The van der Waals surface area contributed by atoms with Gasteiger partial charge >= 0.3 is 5.97 Å². The highest BCUT2D eigenvalue weighted by atomic mass is 32.2. The molecule has 0 saturated heterocycles. The SMILES string of the molecule is CC(C)C(C(=O)O)S(=O)(=O)Cc1cccc(C(N)=O)c1. The second-order valence-electron chi connectivity index (χ2n) is 4.87. The van der Waals surface area contributed by atoms with Crippen molar-refractivity contribution in [3.63, 3.8) is 0 Å². The van der Waals surface area contributed by atoms with Crippen LogP contribution in [-0.2, 0) is 20.4 Å². The minimum Gasteiger partial charge on any atom is -0.480 e. The zero-order chi connectivity index (χ0) is 15.5. The van der Waals surface area contributed by atoms with Gasteiger partial charge in [0, 0.05) is 5.56 Å². The summed E-state index contributed by atoms with van der Waals surface area (Å²) in [6.07, 6.45) is 0. The fraction of sp³-hybridized carbons (Fsp3) is 0.385. The molecule has 0 aliphatic rings. The van der Waals surface area contributed by atoms with E-state index in [0.29, 0.717) is 5.56 Å². The van der Waals surface area contributed by atoms with Gasteiger partial charge in [-0.15, -0.1) is 0 Å². The van der Waals surface area contributed by atoms with E-state index in [4.69, 9.17) is 10.8 Å². The van der Waals surface area contributed by atoms with Crippen LogP contribution in [0.1, 0.15) is 29.8 Å². The summed E-state index contributed by atoms with van der Waals surface area (Å²) in [5.74, 6) is -3.02. The Bertz CT molecular complexity index is 621.